The molecule has 0 saturated carbocycles. The van der Waals surface area contributed by atoms with Crippen LogP contribution in [-0.2, 0) is 17.9 Å². The fourth-order valence-corrected chi connectivity index (χ4v) is 1.88. The van der Waals surface area contributed by atoms with Gasteiger partial charge < -0.3 is 16.0 Å². The first-order valence-electron chi connectivity index (χ1n) is 6.32. The van der Waals surface area contributed by atoms with Gasteiger partial charge in [-0.1, -0.05) is 24.3 Å². The number of carbonyl (C=O) groups is 1. The average molecular weight is 249 g/mol. The van der Waals surface area contributed by atoms with Gasteiger partial charge in [0.15, 0.2) is 0 Å². The zero-order valence-electron chi connectivity index (χ0n) is 11.3. The van der Waals surface area contributed by atoms with Crippen LogP contribution in [0.1, 0.15) is 24.0 Å². The first kappa shape index (κ1) is 14.7. The first-order valence-corrected chi connectivity index (χ1v) is 6.32. The summed E-state index contributed by atoms with van der Waals surface area (Å²) in [5.74, 6) is 0.105. The second-order valence-corrected chi connectivity index (χ2v) is 4.54. The largest absolute Gasteiger partial charge is 0.359 e. The van der Waals surface area contributed by atoms with Gasteiger partial charge in [0, 0.05) is 26.6 Å². The molecule has 3 N–H and O–H groups in total. The van der Waals surface area contributed by atoms with Crippen LogP contribution in [-0.4, -0.2) is 31.4 Å². The van der Waals surface area contributed by atoms with Crippen molar-refractivity contribution in [3.8, 4) is 0 Å². The third-order valence-corrected chi connectivity index (χ3v) is 2.90. The highest BCUT2D eigenvalue weighted by Gasteiger charge is 2.03. The molecule has 18 heavy (non-hydrogen) atoms. The van der Waals surface area contributed by atoms with Gasteiger partial charge in [0.05, 0.1) is 0 Å². The van der Waals surface area contributed by atoms with Crippen molar-refractivity contribution in [3.05, 3.63) is 35.4 Å². The molecule has 0 radical (unpaired) electrons. The summed E-state index contributed by atoms with van der Waals surface area (Å²) < 4.78 is 0. The van der Waals surface area contributed by atoms with Crippen LogP contribution >= 0.6 is 0 Å². The van der Waals surface area contributed by atoms with Gasteiger partial charge in [0.25, 0.3) is 0 Å². The highest BCUT2D eigenvalue weighted by Crippen LogP contribution is 2.07. The molecule has 0 heterocycles. The zero-order valence-corrected chi connectivity index (χ0v) is 11.3. The van der Waals surface area contributed by atoms with Crippen molar-refractivity contribution in [1.82, 2.24) is 10.2 Å². The van der Waals surface area contributed by atoms with Gasteiger partial charge in [-0.3, -0.25) is 4.79 Å². The minimum absolute atomic E-state index is 0.105. The number of benzene rings is 1. The fourth-order valence-electron chi connectivity index (χ4n) is 1.88. The van der Waals surface area contributed by atoms with E-state index in [0.29, 0.717) is 13.0 Å². The molecule has 0 aliphatic rings. The van der Waals surface area contributed by atoms with Gasteiger partial charge in [-0.15, -0.1) is 0 Å². The highest BCUT2D eigenvalue weighted by molar-refractivity contribution is 5.75. The molecule has 100 valence electrons. The summed E-state index contributed by atoms with van der Waals surface area (Å²) in [5.41, 5.74) is 8.04. The lowest BCUT2D eigenvalue weighted by atomic mass is 10.1. The Hall–Kier alpha value is -1.39. The maximum absolute atomic E-state index is 11.1. The number of amides is 1. The monoisotopic (exact) mass is 249 g/mol. The molecule has 0 aromatic heterocycles. The summed E-state index contributed by atoms with van der Waals surface area (Å²) in [6.45, 7) is 2.39. The standard InChI is InChI=1S/C14H23N3O/c1-16-14(18)7-4-8-17(2)11-13-6-3-5-12(9-13)10-15/h3,5-6,9H,4,7-8,10-11,15H2,1-2H3,(H,16,18). The summed E-state index contributed by atoms with van der Waals surface area (Å²) in [6.07, 6.45) is 1.47. The minimum Gasteiger partial charge on any atom is -0.359 e. The normalized spacial score (nSPS) is 10.7. The maximum Gasteiger partial charge on any atom is 0.219 e. The van der Waals surface area contributed by atoms with Crippen molar-refractivity contribution in [2.75, 3.05) is 20.6 Å². The van der Waals surface area contributed by atoms with Gasteiger partial charge in [-0.25, -0.2) is 0 Å². The second-order valence-electron chi connectivity index (χ2n) is 4.54. The molecule has 0 aliphatic heterocycles. The Labute approximate surface area is 109 Å². The first-order chi connectivity index (χ1) is 8.65. The van der Waals surface area contributed by atoms with Crippen molar-refractivity contribution in [1.29, 1.82) is 0 Å². The molecular weight excluding hydrogens is 226 g/mol. The highest BCUT2D eigenvalue weighted by atomic mass is 16.1. The summed E-state index contributed by atoms with van der Waals surface area (Å²) in [6, 6.07) is 8.31. The predicted molar refractivity (Wildman–Crippen MR) is 74.0 cm³/mol. The zero-order chi connectivity index (χ0) is 13.4. The van der Waals surface area contributed by atoms with Crippen LogP contribution < -0.4 is 11.1 Å². The summed E-state index contributed by atoms with van der Waals surface area (Å²) >= 11 is 0. The second kappa shape index (κ2) is 7.84. The van der Waals surface area contributed by atoms with Crippen LogP contribution in [0.5, 0.6) is 0 Å². The van der Waals surface area contributed by atoms with E-state index in [9.17, 15) is 4.79 Å². The third-order valence-electron chi connectivity index (χ3n) is 2.90. The molecule has 1 aromatic carbocycles. The van der Waals surface area contributed by atoms with E-state index in [4.69, 9.17) is 5.73 Å². The fraction of sp³-hybridized carbons (Fsp3) is 0.500. The minimum atomic E-state index is 0.105. The van der Waals surface area contributed by atoms with Gasteiger partial charge in [0.2, 0.25) is 5.91 Å². The number of nitrogens with zero attached hydrogens (tertiary/aromatic N) is 1. The molecule has 4 heteroatoms. The van der Waals surface area contributed by atoms with Crippen molar-refractivity contribution in [2.45, 2.75) is 25.9 Å². The van der Waals surface area contributed by atoms with E-state index in [1.165, 1.54) is 5.56 Å². The average Bonchev–Trinajstić information content (AvgIpc) is 2.38. The smallest absolute Gasteiger partial charge is 0.219 e. The van der Waals surface area contributed by atoms with Gasteiger partial charge >= 0.3 is 0 Å². The van der Waals surface area contributed by atoms with E-state index in [-0.39, 0.29) is 5.91 Å². The van der Waals surface area contributed by atoms with Gasteiger partial charge in [-0.05, 0) is 31.1 Å². The summed E-state index contributed by atoms with van der Waals surface area (Å²) in [5, 5.41) is 2.63. The Morgan fingerprint density at radius 1 is 1.39 bits per heavy atom. The van der Waals surface area contributed by atoms with E-state index in [1.807, 2.05) is 12.1 Å². The molecule has 0 spiro atoms. The molecule has 1 aromatic rings. The van der Waals surface area contributed by atoms with E-state index in [2.05, 4.69) is 29.4 Å². The molecule has 4 nitrogen and oxygen atoms in total. The van der Waals surface area contributed by atoms with Crippen LogP contribution in [0.25, 0.3) is 0 Å². The van der Waals surface area contributed by atoms with Crippen LogP contribution in [0, 0.1) is 0 Å². The van der Waals surface area contributed by atoms with Gasteiger partial charge in [-0.2, -0.15) is 0 Å². The molecule has 1 amide bonds. The van der Waals surface area contributed by atoms with Gasteiger partial charge in [0.1, 0.15) is 0 Å². The molecule has 0 unspecified atom stereocenters. The number of nitrogens with two attached hydrogens (primary N) is 1. The van der Waals surface area contributed by atoms with Crippen molar-refractivity contribution in [2.24, 2.45) is 5.73 Å². The molecule has 0 aliphatic carbocycles. The van der Waals surface area contributed by atoms with Crippen LogP contribution in [0.4, 0.5) is 0 Å². The number of hydrogen-bond acceptors (Lipinski definition) is 3. The number of carbonyl (C=O) groups excluding carboxylic acids is 1. The lowest BCUT2D eigenvalue weighted by Gasteiger charge is -2.16. The summed E-state index contributed by atoms with van der Waals surface area (Å²) in [4.78, 5) is 13.3. The molecule has 0 saturated heterocycles. The lowest BCUT2D eigenvalue weighted by molar-refractivity contribution is -0.120. The quantitative estimate of drug-likeness (QED) is 0.761. The van der Waals surface area contributed by atoms with Crippen molar-refractivity contribution < 1.29 is 4.79 Å². The SMILES string of the molecule is CNC(=O)CCCN(C)Cc1cccc(CN)c1. The lowest BCUT2D eigenvalue weighted by Crippen LogP contribution is -2.22. The van der Waals surface area contributed by atoms with Crippen LogP contribution in [0.2, 0.25) is 0 Å². The van der Waals surface area contributed by atoms with Crippen LogP contribution in [0.15, 0.2) is 24.3 Å². The molecule has 1 rings (SSSR count). The predicted octanol–water partition coefficient (Wildman–Crippen LogP) is 1.10. The Kier molecular flexibility index (Phi) is 6.39. The number of nitrogens with one attached hydrogen (secondary N) is 1. The van der Waals surface area contributed by atoms with E-state index < -0.39 is 0 Å². The molecular formula is C14H23N3O. The Morgan fingerprint density at radius 3 is 2.78 bits per heavy atom. The maximum atomic E-state index is 11.1. The van der Waals surface area contributed by atoms with Crippen LogP contribution in [0.3, 0.4) is 0 Å². The van der Waals surface area contributed by atoms with E-state index in [1.54, 1.807) is 7.05 Å². The summed E-state index contributed by atoms with van der Waals surface area (Å²) in [7, 11) is 3.74. The Morgan fingerprint density at radius 2 is 2.11 bits per heavy atom. The number of hydrogen-bond donors (Lipinski definition) is 2. The van der Waals surface area contributed by atoms with E-state index >= 15 is 0 Å². The molecule has 0 fully saturated rings. The van der Waals surface area contributed by atoms with E-state index in [0.717, 1.165) is 25.1 Å². The Balaban J connectivity index is 2.34. The molecule has 0 atom stereocenters. The topological polar surface area (TPSA) is 58.4 Å². The van der Waals surface area contributed by atoms with Crippen molar-refractivity contribution >= 4 is 5.91 Å². The molecule has 0 bridgehead atoms. The van der Waals surface area contributed by atoms with Crippen molar-refractivity contribution in [3.63, 3.8) is 0 Å². The third kappa shape index (κ3) is 5.29. The number of rotatable bonds is 7. The Bertz CT molecular complexity index is 379.